The second kappa shape index (κ2) is 8.95. The molecule has 0 spiro atoms. The zero-order chi connectivity index (χ0) is 20.2. The molecular weight excluding hydrogens is 370 g/mol. The Hall–Kier alpha value is -2.41. The number of rotatable bonds is 7. The fraction of sp³-hybridized carbons (Fsp3) is 0.435. The molecule has 6 heteroatoms. The van der Waals surface area contributed by atoms with Gasteiger partial charge in [-0.15, -0.1) is 0 Å². The fourth-order valence-electron chi connectivity index (χ4n) is 3.93. The molecule has 1 aliphatic heterocycles. The Morgan fingerprint density at radius 3 is 2.28 bits per heavy atom. The molecule has 2 aromatic carbocycles. The predicted molar refractivity (Wildman–Crippen MR) is 107 cm³/mol. The number of amides is 1. The highest BCUT2D eigenvalue weighted by molar-refractivity contribution is 5.83. The normalized spacial score (nSPS) is 26.2. The van der Waals surface area contributed by atoms with Crippen LogP contribution in [0.2, 0.25) is 0 Å². The maximum absolute atomic E-state index is 12.9. The van der Waals surface area contributed by atoms with E-state index < -0.39 is 12.2 Å². The number of carbonyl (C=O) groups is 1. The molecule has 1 heterocycles. The molecule has 1 amide bonds. The number of ether oxygens (including phenoxy) is 2. The predicted octanol–water partition coefficient (Wildman–Crippen LogP) is 1.95. The summed E-state index contributed by atoms with van der Waals surface area (Å²) < 4.78 is 11.4. The van der Waals surface area contributed by atoms with E-state index in [-0.39, 0.29) is 31.0 Å². The van der Waals surface area contributed by atoms with Gasteiger partial charge in [-0.05, 0) is 35.6 Å². The van der Waals surface area contributed by atoms with E-state index in [2.05, 4.69) is 0 Å². The van der Waals surface area contributed by atoms with E-state index in [4.69, 9.17) is 9.47 Å². The molecule has 0 radical (unpaired) electrons. The Kier molecular flexibility index (Phi) is 6.13. The smallest absolute Gasteiger partial charge is 0.226 e. The molecule has 1 saturated heterocycles. The summed E-state index contributed by atoms with van der Waals surface area (Å²) in [5.41, 5.74) is 2.26. The van der Waals surface area contributed by atoms with Crippen LogP contribution in [0.1, 0.15) is 23.5 Å². The number of aliphatic hydroxyl groups is 2. The van der Waals surface area contributed by atoms with Gasteiger partial charge in [0.25, 0.3) is 0 Å². The van der Waals surface area contributed by atoms with Crippen LogP contribution in [-0.4, -0.2) is 59.5 Å². The molecule has 2 aromatic rings. The van der Waals surface area contributed by atoms with Crippen molar-refractivity contribution in [3.05, 3.63) is 65.7 Å². The third-order valence-corrected chi connectivity index (χ3v) is 5.62. The number of hydrogen-bond acceptors (Lipinski definition) is 5. The van der Waals surface area contributed by atoms with E-state index >= 15 is 0 Å². The zero-order valence-corrected chi connectivity index (χ0v) is 16.3. The van der Waals surface area contributed by atoms with Crippen molar-refractivity contribution < 1.29 is 24.5 Å². The second-order valence-electron chi connectivity index (χ2n) is 7.78. The van der Waals surface area contributed by atoms with Crippen molar-refractivity contribution in [3.63, 3.8) is 0 Å². The molecule has 2 fully saturated rings. The monoisotopic (exact) mass is 397 g/mol. The molecule has 2 aliphatic rings. The van der Waals surface area contributed by atoms with Gasteiger partial charge in [-0.2, -0.15) is 0 Å². The van der Waals surface area contributed by atoms with Gasteiger partial charge >= 0.3 is 0 Å². The summed E-state index contributed by atoms with van der Waals surface area (Å²) in [6, 6.07) is 18.0. The molecular formula is C23H27NO5. The number of carbonyl (C=O) groups excluding carboxylic acids is 1. The van der Waals surface area contributed by atoms with E-state index in [9.17, 15) is 15.0 Å². The molecule has 0 bridgehead atoms. The van der Waals surface area contributed by atoms with Gasteiger partial charge in [-0.3, -0.25) is 4.79 Å². The minimum absolute atomic E-state index is 0.0390. The number of nitrogens with zero attached hydrogens (tertiary/aromatic N) is 1. The summed E-state index contributed by atoms with van der Waals surface area (Å²) in [6.07, 6.45) is -0.0280. The number of benzene rings is 2. The lowest BCUT2D eigenvalue weighted by Crippen LogP contribution is -2.52. The Morgan fingerprint density at radius 2 is 1.66 bits per heavy atom. The Balaban J connectivity index is 1.32. The molecule has 4 atom stereocenters. The van der Waals surface area contributed by atoms with Crippen LogP contribution < -0.4 is 4.74 Å². The van der Waals surface area contributed by atoms with Crippen LogP contribution >= 0.6 is 0 Å². The standard InChI is InChI=1S/C23H27NO5/c25-13-19-11-24(12-20(14-26)29-19)23(27)22-10-21(22)17-6-8-18(9-7-17)28-15-16-4-2-1-3-5-16/h1-9,19-22,25-26H,10-15H2/t19-,20+,21-,22+/m0/s1. The first-order valence-electron chi connectivity index (χ1n) is 10.1. The Labute approximate surface area is 170 Å². The summed E-state index contributed by atoms with van der Waals surface area (Å²) >= 11 is 0. The van der Waals surface area contributed by atoms with Gasteiger partial charge in [-0.25, -0.2) is 0 Å². The first-order chi connectivity index (χ1) is 14.2. The molecule has 2 N–H and O–H groups in total. The molecule has 0 aromatic heterocycles. The van der Waals surface area contributed by atoms with E-state index in [1.54, 1.807) is 4.90 Å². The molecule has 6 nitrogen and oxygen atoms in total. The largest absolute Gasteiger partial charge is 0.489 e. The summed E-state index contributed by atoms with van der Waals surface area (Å²) in [6.45, 7) is 0.972. The summed E-state index contributed by atoms with van der Waals surface area (Å²) in [5, 5.41) is 18.7. The number of morpholine rings is 1. The van der Waals surface area contributed by atoms with Crippen LogP contribution in [-0.2, 0) is 16.1 Å². The lowest BCUT2D eigenvalue weighted by atomic mass is 10.1. The number of aliphatic hydroxyl groups excluding tert-OH is 2. The Bertz CT molecular complexity index is 798. The third kappa shape index (κ3) is 4.78. The van der Waals surface area contributed by atoms with Crippen LogP contribution in [0.4, 0.5) is 0 Å². The van der Waals surface area contributed by atoms with Gasteiger partial charge in [0.1, 0.15) is 12.4 Å². The molecule has 0 unspecified atom stereocenters. The van der Waals surface area contributed by atoms with Crippen molar-refractivity contribution in [2.75, 3.05) is 26.3 Å². The van der Waals surface area contributed by atoms with E-state index in [0.29, 0.717) is 19.7 Å². The highest BCUT2D eigenvalue weighted by atomic mass is 16.5. The quantitative estimate of drug-likeness (QED) is 0.747. The lowest BCUT2D eigenvalue weighted by Gasteiger charge is -2.37. The SMILES string of the molecule is O=C([C@@H]1C[C@H]1c1ccc(OCc2ccccc2)cc1)N1C[C@@H](CO)O[C@@H](CO)C1. The van der Waals surface area contributed by atoms with Crippen molar-refractivity contribution >= 4 is 5.91 Å². The maximum atomic E-state index is 12.9. The van der Waals surface area contributed by atoms with Gasteiger partial charge in [0.15, 0.2) is 0 Å². The molecule has 1 aliphatic carbocycles. The van der Waals surface area contributed by atoms with Crippen molar-refractivity contribution in [2.45, 2.75) is 31.2 Å². The van der Waals surface area contributed by atoms with Crippen molar-refractivity contribution in [1.29, 1.82) is 0 Å². The van der Waals surface area contributed by atoms with Gasteiger partial charge in [-0.1, -0.05) is 42.5 Å². The molecule has 1 saturated carbocycles. The van der Waals surface area contributed by atoms with Gasteiger partial charge < -0.3 is 24.6 Å². The number of hydrogen-bond donors (Lipinski definition) is 2. The first kappa shape index (κ1) is 19.9. The van der Waals surface area contributed by atoms with Crippen molar-refractivity contribution in [2.24, 2.45) is 5.92 Å². The van der Waals surface area contributed by atoms with Crippen LogP contribution in [0.3, 0.4) is 0 Å². The van der Waals surface area contributed by atoms with Crippen LogP contribution in [0.25, 0.3) is 0 Å². The van der Waals surface area contributed by atoms with Crippen molar-refractivity contribution in [1.82, 2.24) is 4.90 Å². The van der Waals surface area contributed by atoms with Gasteiger partial charge in [0.05, 0.1) is 25.4 Å². The third-order valence-electron chi connectivity index (χ3n) is 5.62. The highest BCUT2D eigenvalue weighted by Crippen LogP contribution is 2.49. The van der Waals surface area contributed by atoms with Crippen LogP contribution in [0.5, 0.6) is 5.75 Å². The van der Waals surface area contributed by atoms with E-state index in [1.807, 2.05) is 54.6 Å². The zero-order valence-electron chi connectivity index (χ0n) is 16.3. The van der Waals surface area contributed by atoms with E-state index in [1.165, 1.54) is 0 Å². The summed E-state index contributed by atoms with van der Waals surface area (Å²) in [5.74, 6) is 1.07. The average molecular weight is 397 g/mol. The minimum atomic E-state index is -0.428. The van der Waals surface area contributed by atoms with Gasteiger partial charge in [0.2, 0.25) is 5.91 Å². The second-order valence-corrected chi connectivity index (χ2v) is 7.78. The van der Waals surface area contributed by atoms with Crippen molar-refractivity contribution in [3.8, 4) is 5.75 Å². The topological polar surface area (TPSA) is 79.2 Å². The Morgan fingerprint density at radius 1 is 1.00 bits per heavy atom. The van der Waals surface area contributed by atoms with Gasteiger partial charge in [0, 0.05) is 19.0 Å². The summed E-state index contributed by atoms with van der Waals surface area (Å²) in [4.78, 5) is 14.6. The average Bonchev–Trinajstić information content (AvgIpc) is 3.58. The summed E-state index contributed by atoms with van der Waals surface area (Å²) in [7, 11) is 0. The molecule has 29 heavy (non-hydrogen) atoms. The van der Waals surface area contributed by atoms with Crippen LogP contribution in [0.15, 0.2) is 54.6 Å². The first-order valence-corrected chi connectivity index (χ1v) is 10.1. The van der Waals surface area contributed by atoms with E-state index in [0.717, 1.165) is 23.3 Å². The lowest BCUT2D eigenvalue weighted by molar-refractivity contribution is -0.153. The molecule has 154 valence electrons. The fourth-order valence-corrected chi connectivity index (χ4v) is 3.93. The highest BCUT2D eigenvalue weighted by Gasteiger charge is 2.47. The maximum Gasteiger partial charge on any atom is 0.226 e. The van der Waals surface area contributed by atoms with Crippen LogP contribution in [0, 0.1) is 5.92 Å². The molecule has 4 rings (SSSR count). The minimum Gasteiger partial charge on any atom is -0.489 e.